The Balaban J connectivity index is 1.16. The Morgan fingerprint density at radius 2 is 0.915 bits per heavy atom. The first-order valence-corrected chi connectivity index (χ1v) is 20.3. The van der Waals surface area contributed by atoms with E-state index in [9.17, 15) is 0 Å². The second-order valence-electron chi connectivity index (χ2n) is 15.6. The average molecular weight is 752 g/mol. The second kappa shape index (κ2) is 13.2. The molecular weight excluding hydrogens is 715 g/mol. The Morgan fingerprint density at radius 3 is 1.71 bits per heavy atom. The molecule has 11 aromatic rings. The zero-order chi connectivity index (χ0) is 38.9. The number of hydrogen-bond acceptors (Lipinski definition) is 2. The molecule has 2 nitrogen and oxygen atoms in total. The molecule has 0 saturated carbocycles. The molecule has 0 bridgehead atoms. The van der Waals surface area contributed by atoms with Crippen molar-refractivity contribution in [3.8, 4) is 22.3 Å². The molecule has 1 aromatic heterocycles. The molecule has 0 radical (unpaired) electrons. The van der Waals surface area contributed by atoms with Crippen LogP contribution in [0.25, 0.3) is 65.7 Å². The maximum Gasteiger partial charge on any atom is 0.136 e. The first-order valence-electron chi connectivity index (χ1n) is 20.3. The fraction of sp³-hybridized carbons (Fsp3) is 0.0175. The van der Waals surface area contributed by atoms with Gasteiger partial charge in [-0.25, -0.2) is 0 Å². The van der Waals surface area contributed by atoms with Gasteiger partial charge in [0.1, 0.15) is 11.2 Å². The number of benzene rings is 10. The van der Waals surface area contributed by atoms with Gasteiger partial charge in [0.15, 0.2) is 0 Å². The van der Waals surface area contributed by atoms with Gasteiger partial charge < -0.3 is 9.32 Å². The standard InChI is InChI=1S/C57H37NO/c1-3-21-41(22-4-1)57(42-23-5-2-6-24-42)50-29-13-11-26-45(50)46-34-33-43(37-51(46)57)58(52-31-15-20-38-17-9-10-25-44(38)52)53-30-14-12-27-47(53)48-28-16-32-54-56(48)49-35-39-18-7-8-19-40(39)36-55(49)59-54/h1-37H. The highest BCUT2D eigenvalue weighted by atomic mass is 16.3. The molecule has 59 heavy (non-hydrogen) atoms. The summed E-state index contributed by atoms with van der Waals surface area (Å²) in [6, 6.07) is 81.9. The number of anilines is 3. The van der Waals surface area contributed by atoms with E-state index < -0.39 is 5.41 Å². The Kier molecular flexibility index (Phi) is 7.48. The molecule has 0 N–H and O–H groups in total. The summed E-state index contributed by atoms with van der Waals surface area (Å²) in [4.78, 5) is 2.48. The highest BCUT2D eigenvalue weighted by Gasteiger charge is 2.46. The highest BCUT2D eigenvalue weighted by Crippen LogP contribution is 2.58. The maximum absolute atomic E-state index is 6.62. The van der Waals surface area contributed by atoms with Crippen molar-refractivity contribution in [1.82, 2.24) is 0 Å². The molecule has 0 fully saturated rings. The van der Waals surface area contributed by atoms with Crippen LogP contribution in [-0.4, -0.2) is 0 Å². The van der Waals surface area contributed by atoms with Crippen molar-refractivity contribution in [3.63, 3.8) is 0 Å². The summed E-state index contributed by atoms with van der Waals surface area (Å²) in [5.74, 6) is 0. The van der Waals surface area contributed by atoms with Gasteiger partial charge in [-0.15, -0.1) is 0 Å². The Hall–Kier alpha value is -7.68. The molecule has 1 heterocycles. The van der Waals surface area contributed by atoms with E-state index in [1.54, 1.807) is 0 Å². The van der Waals surface area contributed by atoms with Crippen LogP contribution >= 0.6 is 0 Å². The third-order valence-corrected chi connectivity index (χ3v) is 12.5. The Labute approximate surface area is 342 Å². The number of hydrogen-bond donors (Lipinski definition) is 0. The van der Waals surface area contributed by atoms with Gasteiger partial charge in [-0.1, -0.05) is 182 Å². The molecule has 276 valence electrons. The van der Waals surface area contributed by atoms with E-state index in [1.807, 2.05) is 0 Å². The third kappa shape index (κ3) is 5.00. The zero-order valence-corrected chi connectivity index (χ0v) is 32.2. The smallest absolute Gasteiger partial charge is 0.136 e. The fourth-order valence-corrected chi connectivity index (χ4v) is 10.0. The average Bonchev–Trinajstić information content (AvgIpc) is 3.82. The topological polar surface area (TPSA) is 16.4 Å². The predicted molar refractivity (Wildman–Crippen MR) is 246 cm³/mol. The lowest BCUT2D eigenvalue weighted by Gasteiger charge is -2.35. The summed E-state index contributed by atoms with van der Waals surface area (Å²) in [5.41, 5.74) is 14.4. The van der Waals surface area contributed by atoms with Crippen molar-refractivity contribution in [1.29, 1.82) is 0 Å². The van der Waals surface area contributed by atoms with Crippen molar-refractivity contribution in [3.05, 3.63) is 247 Å². The van der Waals surface area contributed by atoms with Crippen LogP contribution in [0.4, 0.5) is 17.1 Å². The van der Waals surface area contributed by atoms with E-state index in [0.29, 0.717) is 0 Å². The van der Waals surface area contributed by atoms with Crippen LogP contribution in [0.15, 0.2) is 229 Å². The minimum Gasteiger partial charge on any atom is -0.456 e. The van der Waals surface area contributed by atoms with Gasteiger partial charge in [-0.3, -0.25) is 0 Å². The van der Waals surface area contributed by atoms with E-state index in [1.165, 1.54) is 54.9 Å². The van der Waals surface area contributed by atoms with Crippen molar-refractivity contribution in [2.45, 2.75) is 5.41 Å². The molecule has 2 heteroatoms. The lowest BCUT2D eigenvalue weighted by atomic mass is 9.67. The first kappa shape index (κ1) is 33.5. The molecule has 0 atom stereocenters. The van der Waals surface area contributed by atoms with Crippen LogP contribution in [0, 0.1) is 0 Å². The minimum atomic E-state index is -0.529. The Bertz CT molecular complexity index is 3350. The number of fused-ring (bicyclic) bond motifs is 8. The fourth-order valence-electron chi connectivity index (χ4n) is 10.0. The first-order chi connectivity index (χ1) is 29.3. The van der Waals surface area contributed by atoms with Gasteiger partial charge in [-0.05, 0) is 97.6 Å². The monoisotopic (exact) mass is 751 g/mol. The molecule has 0 amide bonds. The SMILES string of the molecule is c1ccc(C2(c3ccccc3)c3ccccc3-c3ccc(N(c4ccccc4-c4cccc5oc6cc7ccccc7cc6c45)c4cccc5ccccc45)cc32)cc1. The summed E-state index contributed by atoms with van der Waals surface area (Å²) in [5, 5.41) is 6.98. The summed E-state index contributed by atoms with van der Waals surface area (Å²) in [6.07, 6.45) is 0. The van der Waals surface area contributed by atoms with Gasteiger partial charge in [0.2, 0.25) is 0 Å². The van der Waals surface area contributed by atoms with Crippen LogP contribution < -0.4 is 4.90 Å². The third-order valence-electron chi connectivity index (χ3n) is 12.5. The molecule has 10 aromatic carbocycles. The number of nitrogens with zero attached hydrogens (tertiary/aromatic N) is 1. The van der Waals surface area contributed by atoms with E-state index in [4.69, 9.17) is 4.42 Å². The van der Waals surface area contributed by atoms with Gasteiger partial charge >= 0.3 is 0 Å². The molecule has 0 spiro atoms. The van der Waals surface area contributed by atoms with Crippen LogP contribution in [0.5, 0.6) is 0 Å². The summed E-state index contributed by atoms with van der Waals surface area (Å²) < 4.78 is 6.62. The van der Waals surface area contributed by atoms with Crippen molar-refractivity contribution in [2.75, 3.05) is 4.90 Å². The second-order valence-corrected chi connectivity index (χ2v) is 15.6. The predicted octanol–water partition coefficient (Wildman–Crippen LogP) is 15.4. The van der Waals surface area contributed by atoms with E-state index in [-0.39, 0.29) is 0 Å². The van der Waals surface area contributed by atoms with Crippen molar-refractivity contribution >= 4 is 60.5 Å². The van der Waals surface area contributed by atoms with E-state index in [2.05, 4.69) is 229 Å². The molecular formula is C57H37NO. The lowest BCUT2D eigenvalue weighted by molar-refractivity contribution is 0.669. The van der Waals surface area contributed by atoms with Crippen molar-refractivity contribution in [2.24, 2.45) is 0 Å². The van der Waals surface area contributed by atoms with Crippen LogP contribution in [0.3, 0.4) is 0 Å². The molecule has 1 aliphatic rings. The molecule has 0 saturated heterocycles. The molecule has 12 rings (SSSR count). The minimum absolute atomic E-state index is 0.529. The summed E-state index contributed by atoms with van der Waals surface area (Å²) in [6.45, 7) is 0. The zero-order valence-electron chi connectivity index (χ0n) is 32.2. The summed E-state index contributed by atoms with van der Waals surface area (Å²) in [7, 11) is 0. The van der Waals surface area contributed by atoms with Gasteiger partial charge in [0.25, 0.3) is 0 Å². The molecule has 0 aliphatic heterocycles. The van der Waals surface area contributed by atoms with Crippen molar-refractivity contribution < 1.29 is 4.42 Å². The normalized spacial score (nSPS) is 12.9. The summed E-state index contributed by atoms with van der Waals surface area (Å²) >= 11 is 0. The number of para-hydroxylation sites is 1. The van der Waals surface area contributed by atoms with Crippen LogP contribution in [0.1, 0.15) is 22.3 Å². The largest absolute Gasteiger partial charge is 0.456 e. The molecule has 0 unspecified atom stereocenters. The van der Waals surface area contributed by atoms with Gasteiger partial charge in [0.05, 0.1) is 16.8 Å². The number of rotatable bonds is 6. The highest BCUT2D eigenvalue weighted by molar-refractivity contribution is 6.17. The Morgan fingerprint density at radius 1 is 0.339 bits per heavy atom. The van der Waals surface area contributed by atoms with Crippen LogP contribution in [-0.2, 0) is 5.41 Å². The van der Waals surface area contributed by atoms with Crippen LogP contribution in [0.2, 0.25) is 0 Å². The maximum atomic E-state index is 6.62. The van der Waals surface area contributed by atoms with E-state index >= 15 is 0 Å². The molecule has 1 aliphatic carbocycles. The van der Waals surface area contributed by atoms with Gasteiger partial charge in [0, 0.05) is 27.4 Å². The number of furan rings is 1. The van der Waals surface area contributed by atoms with E-state index in [0.717, 1.165) is 50.1 Å². The lowest BCUT2D eigenvalue weighted by Crippen LogP contribution is -2.28. The quantitative estimate of drug-likeness (QED) is 0.168. The van der Waals surface area contributed by atoms with Gasteiger partial charge in [-0.2, -0.15) is 0 Å².